The first-order valence-electron chi connectivity index (χ1n) is 8.51. The van der Waals surface area contributed by atoms with Gasteiger partial charge in [0.15, 0.2) is 17.3 Å². The van der Waals surface area contributed by atoms with Gasteiger partial charge < -0.3 is 9.47 Å². The number of anilines is 1. The number of benzene rings is 2. The van der Waals surface area contributed by atoms with E-state index in [2.05, 4.69) is 10.2 Å². The molecule has 3 rings (SSSR count). The summed E-state index contributed by atoms with van der Waals surface area (Å²) in [4.78, 5) is 14.0. The van der Waals surface area contributed by atoms with E-state index in [1.54, 1.807) is 25.3 Å². The Balaban J connectivity index is 1.76. The van der Waals surface area contributed by atoms with E-state index in [0.29, 0.717) is 22.3 Å². The molecule has 0 atom stereocenters. The van der Waals surface area contributed by atoms with Crippen LogP contribution in [0.3, 0.4) is 0 Å². The molecule has 1 heterocycles. The van der Waals surface area contributed by atoms with Gasteiger partial charge >= 0.3 is 0 Å². The van der Waals surface area contributed by atoms with Gasteiger partial charge in [-0.1, -0.05) is 41.9 Å². The number of hydrogen-bond donors (Lipinski definition) is 1. The summed E-state index contributed by atoms with van der Waals surface area (Å²) in [6.45, 7) is 0. The van der Waals surface area contributed by atoms with Crippen LogP contribution in [0, 0.1) is 0 Å². The lowest BCUT2D eigenvalue weighted by Crippen LogP contribution is -2.24. The van der Waals surface area contributed by atoms with Crippen molar-refractivity contribution in [3.63, 3.8) is 0 Å². The lowest BCUT2D eigenvalue weighted by atomic mass is 10.1. The summed E-state index contributed by atoms with van der Waals surface area (Å²) < 4.78 is 10.5. The van der Waals surface area contributed by atoms with Crippen molar-refractivity contribution >= 4 is 29.4 Å². The zero-order valence-corrected chi connectivity index (χ0v) is 16.5. The van der Waals surface area contributed by atoms with Gasteiger partial charge in [0.25, 0.3) is 5.91 Å². The van der Waals surface area contributed by atoms with E-state index >= 15 is 0 Å². The Bertz CT molecular complexity index is 999. The van der Waals surface area contributed by atoms with Crippen LogP contribution >= 0.6 is 11.6 Å². The molecule has 7 heteroatoms. The van der Waals surface area contributed by atoms with Crippen LogP contribution in [0.15, 0.2) is 54.6 Å². The maximum absolute atomic E-state index is 12.5. The molecule has 0 radical (unpaired) electrons. The summed E-state index contributed by atoms with van der Waals surface area (Å²) >= 11 is 6.20. The van der Waals surface area contributed by atoms with Crippen molar-refractivity contribution in [2.45, 2.75) is 0 Å². The molecule has 0 bridgehead atoms. The van der Waals surface area contributed by atoms with Crippen LogP contribution in [0.1, 0.15) is 5.56 Å². The number of methoxy groups -OCH3 is 2. The van der Waals surface area contributed by atoms with Gasteiger partial charge in [0.1, 0.15) is 0 Å². The number of ether oxygens (including phenoxy) is 2. The van der Waals surface area contributed by atoms with E-state index in [-0.39, 0.29) is 5.91 Å². The molecule has 3 aromatic rings. The van der Waals surface area contributed by atoms with E-state index in [0.717, 1.165) is 16.8 Å². The van der Waals surface area contributed by atoms with Gasteiger partial charge in [-0.25, -0.2) is 0 Å². The first-order chi connectivity index (χ1) is 13.5. The quantitative estimate of drug-likeness (QED) is 0.625. The fourth-order valence-corrected chi connectivity index (χ4v) is 2.97. The Morgan fingerprint density at radius 2 is 1.89 bits per heavy atom. The van der Waals surface area contributed by atoms with Crippen LogP contribution in [-0.4, -0.2) is 37.4 Å². The summed E-state index contributed by atoms with van der Waals surface area (Å²) in [5.41, 5.74) is 2.56. The lowest BCUT2D eigenvalue weighted by Gasteiger charge is -2.12. The minimum atomic E-state index is -0.225. The molecule has 0 unspecified atom stereocenters. The van der Waals surface area contributed by atoms with Crippen molar-refractivity contribution < 1.29 is 14.3 Å². The van der Waals surface area contributed by atoms with Gasteiger partial charge in [-0.2, -0.15) is 5.10 Å². The smallest absolute Gasteiger partial charge is 0.251 e. The number of amides is 1. The summed E-state index contributed by atoms with van der Waals surface area (Å²) in [7, 11) is 4.72. The van der Waals surface area contributed by atoms with Gasteiger partial charge in [0, 0.05) is 19.2 Å². The monoisotopic (exact) mass is 397 g/mol. The zero-order valence-electron chi connectivity index (χ0n) is 15.8. The summed E-state index contributed by atoms with van der Waals surface area (Å²) in [6.07, 6.45) is 3.12. The molecule has 1 aromatic heterocycles. The molecule has 0 saturated carbocycles. The van der Waals surface area contributed by atoms with Gasteiger partial charge in [0.05, 0.1) is 24.9 Å². The molecule has 0 aliphatic rings. The molecule has 0 saturated heterocycles. The first-order valence-corrected chi connectivity index (χ1v) is 8.89. The van der Waals surface area contributed by atoms with E-state index < -0.39 is 0 Å². The Hall–Kier alpha value is -3.25. The van der Waals surface area contributed by atoms with Crippen LogP contribution in [0.2, 0.25) is 5.02 Å². The standard InChI is InChI=1S/C21H20ClN3O3/c1-25(19-13-17(23-24-19)15-7-5-4-6-8-15)20(26)10-9-14-11-16(22)21(28-3)18(12-14)27-2/h4-13H,1-3H3,(H,23,24). The molecule has 0 spiro atoms. The number of hydrogen-bond acceptors (Lipinski definition) is 4. The van der Waals surface area contributed by atoms with Gasteiger partial charge in [0.2, 0.25) is 0 Å². The van der Waals surface area contributed by atoms with Crippen LogP contribution in [0.25, 0.3) is 17.3 Å². The van der Waals surface area contributed by atoms with Crippen molar-refractivity contribution in [1.82, 2.24) is 10.2 Å². The van der Waals surface area contributed by atoms with Gasteiger partial charge in [-0.3, -0.25) is 14.8 Å². The number of nitrogens with zero attached hydrogens (tertiary/aromatic N) is 2. The second kappa shape index (κ2) is 8.63. The predicted molar refractivity (Wildman–Crippen MR) is 111 cm³/mol. The largest absolute Gasteiger partial charge is 0.493 e. The Morgan fingerprint density at radius 1 is 1.14 bits per heavy atom. The van der Waals surface area contributed by atoms with Crippen molar-refractivity contribution in [3.8, 4) is 22.8 Å². The third-order valence-corrected chi connectivity index (χ3v) is 4.48. The van der Waals surface area contributed by atoms with Crippen LogP contribution in [0.5, 0.6) is 11.5 Å². The molecule has 6 nitrogen and oxygen atoms in total. The minimum Gasteiger partial charge on any atom is -0.493 e. The number of carbonyl (C=O) groups is 1. The third kappa shape index (κ3) is 4.18. The predicted octanol–water partition coefficient (Wildman–Crippen LogP) is 4.42. The molecular weight excluding hydrogens is 378 g/mol. The second-order valence-electron chi connectivity index (χ2n) is 5.97. The molecular formula is C21H20ClN3O3. The van der Waals surface area contributed by atoms with Crippen LogP contribution in [-0.2, 0) is 4.79 Å². The fourth-order valence-electron chi connectivity index (χ4n) is 2.67. The Labute approximate surface area is 168 Å². The van der Waals surface area contributed by atoms with Crippen molar-refractivity contribution in [2.75, 3.05) is 26.2 Å². The normalized spacial score (nSPS) is 10.9. The highest BCUT2D eigenvalue weighted by Crippen LogP contribution is 2.36. The number of H-pyrrole nitrogens is 1. The average molecular weight is 398 g/mol. The number of carbonyl (C=O) groups excluding carboxylic acids is 1. The number of rotatable bonds is 6. The van der Waals surface area contributed by atoms with E-state index in [9.17, 15) is 4.79 Å². The maximum atomic E-state index is 12.5. The summed E-state index contributed by atoms with van der Waals surface area (Å²) in [6, 6.07) is 15.1. The number of aromatic nitrogens is 2. The van der Waals surface area contributed by atoms with Crippen molar-refractivity contribution in [2.24, 2.45) is 0 Å². The highest BCUT2D eigenvalue weighted by Gasteiger charge is 2.13. The molecule has 1 N–H and O–H groups in total. The summed E-state index contributed by atoms with van der Waals surface area (Å²) in [5.74, 6) is 1.25. The van der Waals surface area contributed by atoms with Crippen molar-refractivity contribution in [3.05, 3.63) is 65.2 Å². The zero-order chi connectivity index (χ0) is 20.1. The van der Waals surface area contributed by atoms with Gasteiger partial charge in [-0.05, 0) is 29.3 Å². The maximum Gasteiger partial charge on any atom is 0.251 e. The molecule has 0 aliphatic heterocycles. The van der Waals surface area contributed by atoms with Crippen LogP contribution < -0.4 is 14.4 Å². The number of likely N-dealkylation sites (N-methyl/N-ethyl adjacent to an activating group) is 1. The molecule has 28 heavy (non-hydrogen) atoms. The van der Waals surface area contributed by atoms with Gasteiger partial charge in [-0.15, -0.1) is 0 Å². The van der Waals surface area contributed by atoms with E-state index in [4.69, 9.17) is 21.1 Å². The molecule has 144 valence electrons. The Morgan fingerprint density at radius 3 is 2.57 bits per heavy atom. The topological polar surface area (TPSA) is 67.5 Å². The second-order valence-corrected chi connectivity index (χ2v) is 6.38. The van der Waals surface area contributed by atoms with E-state index in [1.165, 1.54) is 25.2 Å². The molecule has 2 aromatic carbocycles. The first kappa shape index (κ1) is 19.5. The highest BCUT2D eigenvalue weighted by molar-refractivity contribution is 6.32. The average Bonchev–Trinajstić information content (AvgIpc) is 3.21. The minimum absolute atomic E-state index is 0.225. The third-order valence-electron chi connectivity index (χ3n) is 4.20. The summed E-state index contributed by atoms with van der Waals surface area (Å²) in [5, 5.41) is 7.58. The highest BCUT2D eigenvalue weighted by atomic mass is 35.5. The fraction of sp³-hybridized carbons (Fsp3) is 0.143. The SMILES string of the molecule is COc1cc(C=CC(=O)N(C)c2cc(-c3ccccc3)[nH]n2)cc(Cl)c1OC. The molecule has 0 fully saturated rings. The number of aromatic amines is 1. The lowest BCUT2D eigenvalue weighted by molar-refractivity contribution is -0.113. The molecule has 1 amide bonds. The van der Waals surface area contributed by atoms with Crippen molar-refractivity contribution in [1.29, 1.82) is 0 Å². The number of nitrogens with one attached hydrogen (secondary N) is 1. The Kier molecular flexibility index (Phi) is 6.01. The molecule has 0 aliphatic carbocycles. The van der Waals surface area contributed by atoms with E-state index in [1.807, 2.05) is 36.4 Å². The van der Waals surface area contributed by atoms with Crippen LogP contribution in [0.4, 0.5) is 5.82 Å². The number of halogens is 1.